The van der Waals surface area contributed by atoms with Crippen molar-refractivity contribution in [1.82, 2.24) is 14.7 Å². The van der Waals surface area contributed by atoms with Gasteiger partial charge in [-0.25, -0.2) is 14.2 Å². The first kappa shape index (κ1) is 20.6. The third kappa shape index (κ3) is 4.65. The standard InChI is InChI=1S/C19H19FN4O4S/c1-4-15(17(25)22-16-9-11(2)28-23-16)27-18(26)14-10-21-19(29-3)24(14)13-7-5-12(20)6-8-13/h5-10,15H,4H2,1-3H3,(H,22,23,25)/t15-/m0/s1. The van der Waals surface area contributed by atoms with Crippen LogP contribution in [-0.2, 0) is 9.53 Å². The van der Waals surface area contributed by atoms with Crippen molar-refractivity contribution in [1.29, 1.82) is 0 Å². The van der Waals surface area contributed by atoms with Crippen molar-refractivity contribution < 1.29 is 23.2 Å². The molecule has 0 aliphatic rings. The van der Waals surface area contributed by atoms with Crippen molar-refractivity contribution in [2.24, 2.45) is 0 Å². The van der Waals surface area contributed by atoms with Gasteiger partial charge in [0, 0.05) is 11.8 Å². The molecular formula is C19H19FN4O4S. The van der Waals surface area contributed by atoms with E-state index in [1.807, 2.05) is 0 Å². The monoisotopic (exact) mass is 418 g/mol. The van der Waals surface area contributed by atoms with Crippen molar-refractivity contribution in [3.05, 3.63) is 53.8 Å². The summed E-state index contributed by atoms with van der Waals surface area (Å²) >= 11 is 1.32. The molecule has 0 saturated carbocycles. The zero-order valence-electron chi connectivity index (χ0n) is 16.0. The number of amides is 1. The van der Waals surface area contributed by atoms with E-state index in [4.69, 9.17) is 9.26 Å². The summed E-state index contributed by atoms with van der Waals surface area (Å²) in [7, 11) is 0. The Kier molecular flexibility index (Phi) is 6.32. The Hall–Kier alpha value is -3.14. The average molecular weight is 418 g/mol. The maximum absolute atomic E-state index is 13.3. The van der Waals surface area contributed by atoms with Gasteiger partial charge in [-0.3, -0.25) is 9.36 Å². The molecule has 0 aliphatic heterocycles. The van der Waals surface area contributed by atoms with Crippen LogP contribution in [0.3, 0.4) is 0 Å². The Labute approximate surface area is 170 Å². The Morgan fingerprint density at radius 2 is 2.07 bits per heavy atom. The van der Waals surface area contributed by atoms with Crippen LogP contribution >= 0.6 is 11.8 Å². The number of carbonyl (C=O) groups excluding carboxylic acids is 2. The van der Waals surface area contributed by atoms with E-state index in [-0.39, 0.29) is 17.9 Å². The number of halogens is 1. The largest absolute Gasteiger partial charge is 0.448 e. The average Bonchev–Trinajstić information content (AvgIpc) is 3.32. The highest BCUT2D eigenvalue weighted by molar-refractivity contribution is 7.98. The van der Waals surface area contributed by atoms with Crippen LogP contribution in [0.1, 0.15) is 29.6 Å². The van der Waals surface area contributed by atoms with Gasteiger partial charge in [-0.1, -0.05) is 23.8 Å². The third-order valence-electron chi connectivity index (χ3n) is 4.00. The van der Waals surface area contributed by atoms with Crippen LogP contribution in [0, 0.1) is 12.7 Å². The summed E-state index contributed by atoms with van der Waals surface area (Å²) in [6.07, 6.45) is 2.39. The lowest BCUT2D eigenvalue weighted by Gasteiger charge is -2.16. The van der Waals surface area contributed by atoms with Gasteiger partial charge >= 0.3 is 5.97 Å². The normalized spacial score (nSPS) is 11.9. The van der Waals surface area contributed by atoms with Crippen molar-refractivity contribution in [3.63, 3.8) is 0 Å². The zero-order valence-corrected chi connectivity index (χ0v) is 16.8. The molecule has 2 heterocycles. The number of nitrogens with zero attached hydrogens (tertiary/aromatic N) is 3. The minimum Gasteiger partial charge on any atom is -0.448 e. The van der Waals surface area contributed by atoms with Crippen molar-refractivity contribution in [2.75, 3.05) is 11.6 Å². The van der Waals surface area contributed by atoms with Gasteiger partial charge in [-0.05, 0) is 43.9 Å². The predicted octanol–water partition coefficient (Wildman–Crippen LogP) is 3.60. The van der Waals surface area contributed by atoms with Crippen molar-refractivity contribution >= 4 is 29.5 Å². The van der Waals surface area contributed by atoms with Gasteiger partial charge in [0.05, 0.1) is 6.20 Å². The molecule has 0 unspecified atom stereocenters. The van der Waals surface area contributed by atoms with E-state index in [1.165, 1.54) is 42.2 Å². The Morgan fingerprint density at radius 1 is 1.34 bits per heavy atom. The number of carbonyl (C=O) groups is 2. The molecule has 152 valence electrons. The number of anilines is 1. The summed E-state index contributed by atoms with van der Waals surface area (Å²) in [4.78, 5) is 29.4. The number of esters is 1. The van der Waals surface area contributed by atoms with Crippen LogP contribution in [0.4, 0.5) is 10.2 Å². The number of rotatable bonds is 7. The summed E-state index contributed by atoms with van der Waals surface area (Å²) in [5.41, 5.74) is 0.681. The van der Waals surface area contributed by atoms with E-state index in [2.05, 4.69) is 15.5 Å². The van der Waals surface area contributed by atoms with Crippen LogP contribution in [0.5, 0.6) is 0 Å². The van der Waals surface area contributed by atoms with E-state index in [0.717, 1.165) is 0 Å². The van der Waals surface area contributed by atoms with Gasteiger partial charge in [0.15, 0.2) is 22.8 Å². The molecule has 10 heteroatoms. The first-order valence-corrected chi connectivity index (χ1v) is 9.98. The second-order valence-electron chi connectivity index (χ2n) is 6.06. The molecular weight excluding hydrogens is 399 g/mol. The first-order valence-electron chi connectivity index (χ1n) is 8.75. The molecule has 1 aromatic carbocycles. The van der Waals surface area contributed by atoms with Crippen LogP contribution in [0.15, 0.2) is 46.2 Å². The van der Waals surface area contributed by atoms with Crippen LogP contribution in [0.2, 0.25) is 0 Å². The molecule has 8 nitrogen and oxygen atoms in total. The van der Waals surface area contributed by atoms with Gasteiger partial charge in [0.25, 0.3) is 5.91 Å². The van der Waals surface area contributed by atoms with Crippen molar-refractivity contribution in [3.8, 4) is 5.69 Å². The maximum Gasteiger partial charge on any atom is 0.357 e. The Bertz CT molecular complexity index is 1020. The Balaban J connectivity index is 1.81. The first-order chi connectivity index (χ1) is 13.9. The second kappa shape index (κ2) is 8.91. The molecule has 1 atom stereocenters. The number of benzene rings is 1. The highest BCUT2D eigenvalue weighted by atomic mass is 32.2. The van der Waals surface area contributed by atoms with Crippen LogP contribution in [-0.4, -0.2) is 38.9 Å². The molecule has 29 heavy (non-hydrogen) atoms. The summed E-state index contributed by atoms with van der Waals surface area (Å²) in [6.45, 7) is 3.41. The van der Waals surface area contributed by atoms with Gasteiger partial charge < -0.3 is 14.6 Å². The fraction of sp³-hybridized carbons (Fsp3) is 0.263. The highest BCUT2D eigenvalue weighted by Crippen LogP contribution is 2.23. The minimum atomic E-state index is -1.03. The lowest BCUT2D eigenvalue weighted by molar-refractivity contribution is -0.124. The molecule has 0 aliphatic carbocycles. The molecule has 3 rings (SSSR count). The second-order valence-corrected chi connectivity index (χ2v) is 6.83. The van der Waals surface area contributed by atoms with Crippen molar-refractivity contribution in [2.45, 2.75) is 31.5 Å². The van der Waals surface area contributed by atoms with Gasteiger partial charge in [0.1, 0.15) is 11.6 Å². The number of aryl methyl sites for hydroxylation is 1. The summed E-state index contributed by atoms with van der Waals surface area (Å²) < 4.78 is 25.2. The van der Waals surface area contributed by atoms with E-state index >= 15 is 0 Å². The van der Waals surface area contributed by atoms with Crippen LogP contribution < -0.4 is 5.32 Å². The fourth-order valence-corrected chi connectivity index (χ4v) is 3.15. The van der Waals surface area contributed by atoms with E-state index in [1.54, 1.807) is 30.7 Å². The Morgan fingerprint density at radius 3 is 2.66 bits per heavy atom. The number of imidazole rings is 1. The van der Waals surface area contributed by atoms with Gasteiger partial charge in [-0.15, -0.1) is 0 Å². The molecule has 2 aromatic heterocycles. The fourth-order valence-electron chi connectivity index (χ4n) is 2.61. The lowest BCUT2D eigenvalue weighted by atomic mass is 10.2. The number of hydrogen-bond donors (Lipinski definition) is 1. The van der Waals surface area contributed by atoms with Crippen LogP contribution in [0.25, 0.3) is 5.69 Å². The molecule has 0 fully saturated rings. The third-order valence-corrected chi connectivity index (χ3v) is 4.65. The minimum absolute atomic E-state index is 0.129. The maximum atomic E-state index is 13.3. The summed E-state index contributed by atoms with van der Waals surface area (Å²) in [6, 6.07) is 7.20. The van der Waals surface area contributed by atoms with E-state index in [9.17, 15) is 14.0 Å². The molecule has 0 radical (unpaired) electrons. The number of aromatic nitrogens is 3. The topological polar surface area (TPSA) is 99.2 Å². The molecule has 1 amide bonds. The quantitative estimate of drug-likeness (QED) is 0.462. The highest BCUT2D eigenvalue weighted by Gasteiger charge is 2.26. The summed E-state index contributed by atoms with van der Waals surface area (Å²) in [5, 5.41) is 6.77. The smallest absolute Gasteiger partial charge is 0.357 e. The van der Waals surface area contributed by atoms with Gasteiger partial charge in [-0.2, -0.15) is 0 Å². The number of ether oxygens (including phenoxy) is 1. The lowest BCUT2D eigenvalue weighted by Crippen LogP contribution is -2.32. The molecule has 1 N–H and O–H groups in total. The summed E-state index contributed by atoms with van der Waals surface area (Å²) in [5.74, 6) is -0.858. The molecule has 3 aromatic rings. The number of nitrogens with one attached hydrogen (secondary N) is 1. The van der Waals surface area contributed by atoms with E-state index < -0.39 is 23.8 Å². The number of hydrogen-bond acceptors (Lipinski definition) is 7. The van der Waals surface area contributed by atoms with E-state index in [0.29, 0.717) is 16.6 Å². The molecule has 0 saturated heterocycles. The molecule has 0 spiro atoms. The number of thioether (sulfide) groups is 1. The zero-order chi connectivity index (χ0) is 21.0. The van der Waals surface area contributed by atoms with Gasteiger partial charge in [0.2, 0.25) is 0 Å². The molecule has 0 bridgehead atoms. The SMILES string of the molecule is CC[C@H](OC(=O)c1cnc(SC)n1-c1ccc(F)cc1)C(=O)Nc1cc(C)on1. The predicted molar refractivity (Wildman–Crippen MR) is 105 cm³/mol.